The summed E-state index contributed by atoms with van der Waals surface area (Å²) in [6.07, 6.45) is 1.75. The third-order valence-electron chi connectivity index (χ3n) is 6.24. The summed E-state index contributed by atoms with van der Waals surface area (Å²) >= 11 is 2.55. The third kappa shape index (κ3) is 6.63. The number of aryl methyl sites for hydroxylation is 4. The molecule has 1 amide bonds. The number of amides is 1. The second-order valence-electron chi connectivity index (χ2n) is 9.36. The first kappa shape index (κ1) is 29.1. The highest BCUT2D eigenvalue weighted by Crippen LogP contribution is 2.38. The smallest absolute Gasteiger partial charge is 0.341 e. The van der Waals surface area contributed by atoms with E-state index in [0.717, 1.165) is 33.6 Å². The molecule has 2 aromatic heterocycles. The van der Waals surface area contributed by atoms with Crippen LogP contribution in [0.2, 0.25) is 0 Å². The summed E-state index contributed by atoms with van der Waals surface area (Å²) < 4.78 is 12.9. The van der Waals surface area contributed by atoms with Crippen LogP contribution in [-0.2, 0) is 22.7 Å². The third-order valence-corrected chi connectivity index (χ3v) is 8.10. The molecule has 4 rings (SSSR count). The molecule has 40 heavy (non-hydrogen) atoms. The molecule has 2 heterocycles. The number of aromatic nitrogens is 3. The topological polar surface area (TPSA) is 95.3 Å². The number of rotatable bonds is 11. The molecule has 4 aromatic rings. The molecule has 0 saturated heterocycles. The number of hydrogen-bond acceptors (Lipinski definition) is 8. The summed E-state index contributed by atoms with van der Waals surface area (Å²) in [5.41, 5.74) is 6.33. The molecule has 1 N–H and O–H groups in total. The molecule has 0 bridgehead atoms. The van der Waals surface area contributed by atoms with Crippen molar-refractivity contribution in [2.45, 2.75) is 46.0 Å². The van der Waals surface area contributed by atoms with Crippen molar-refractivity contribution in [3.63, 3.8) is 0 Å². The van der Waals surface area contributed by atoms with Crippen LogP contribution in [0.3, 0.4) is 0 Å². The van der Waals surface area contributed by atoms with Gasteiger partial charge in [0.2, 0.25) is 5.91 Å². The van der Waals surface area contributed by atoms with E-state index in [4.69, 9.17) is 9.47 Å². The predicted molar refractivity (Wildman–Crippen MR) is 160 cm³/mol. The Hall–Kier alpha value is -3.89. The number of thiophene rings is 1. The molecule has 208 valence electrons. The number of nitrogens with one attached hydrogen (secondary N) is 1. The fourth-order valence-electron chi connectivity index (χ4n) is 4.22. The van der Waals surface area contributed by atoms with Gasteiger partial charge < -0.3 is 14.8 Å². The first-order valence-electron chi connectivity index (χ1n) is 12.6. The Morgan fingerprint density at radius 2 is 1.80 bits per heavy atom. The molecule has 0 saturated carbocycles. The predicted octanol–water partition coefficient (Wildman–Crippen LogP) is 6.52. The van der Waals surface area contributed by atoms with Gasteiger partial charge in [-0.1, -0.05) is 59.3 Å². The van der Waals surface area contributed by atoms with E-state index in [1.165, 1.54) is 35.8 Å². The summed E-state index contributed by atoms with van der Waals surface area (Å²) in [5, 5.41) is 14.4. The number of ether oxygens (including phenoxy) is 2. The van der Waals surface area contributed by atoms with Gasteiger partial charge in [-0.05, 0) is 50.5 Å². The molecule has 0 radical (unpaired) electrons. The molecular formula is C30H32N4O4S2. The number of anilines is 1. The molecule has 8 nitrogen and oxygen atoms in total. The number of benzene rings is 2. The van der Waals surface area contributed by atoms with Crippen LogP contribution < -0.4 is 10.1 Å². The lowest BCUT2D eigenvalue weighted by molar-refractivity contribution is -0.113. The standard InChI is InChI=1S/C30H32N4O4S2/c1-7-12-34-25(15-38-24-11-9-18(2)13-21(24)5)32-33-30(34)40-17-26(35)31-28-27(29(36)37-6)23(16-39-28)22-14-19(3)8-10-20(22)4/h7-11,13-14,16H,1,12,15,17H2,2-6H3,(H,31,35). The van der Waals surface area contributed by atoms with E-state index in [2.05, 4.69) is 28.2 Å². The number of thioether (sulfide) groups is 1. The van der Waals surface area contributed by atoms with Gasteiger partial charge in [0.05, 0.1) is 12.9 Å². The monoisotopic (exact) mass is 576 g/mol. The van der Waals surface area contributed by atoms with Crippen molar-refractivity contribution in [3.8, 4) is 16.9 Å². The van der Waals surface area contributed by atoms with Crippen LogP contribution >= 0.6 is 23.1 Å². The van der Waals surface area contributed by atoms with Crippen molar-refractivity contribution in [1.82, 2.24) is 14.8 Å². The van der Waals surface area contributed by atoms with Gasteiger partial charge in [-0.2, -0.15) is 0 Å². The minimum Gasteiger partial charge on any atom is -0.485 e. The molecule has 0 unspecified atom stereocenters. The van der Waals surface area contributed by atoms with Crippen molar-refractivity contribution in [2.75, 3.05) is 18.2 Å². The summed E-state index contributed by atoms with van der Waals surface area (Å²) in [7, 11) is 1.34. The maximum Gasteiger partial charge on any atom is 0.341 e. The fraction of sp³-hybridized carbons (Fsp3) is 0.267. The van der Waals surface area contributed by atoms with Gasteiger partial charge in [0, 0.05) is 17.5 Å². The number of esters is 1. The van der Waals surface area contributed by atoms with E-state index >= 15 is 0 Å². The average molecular weight is 577 g/mol. The first-order valence-corrected chi connectivity index (χ1v) is 14.5. The van der Waals surface area contributed by atoms with E-state index in [-0.39, 0.29) is 18.3 Å². The first-order chi connectivity index (χ1) is 19.2. The van der Waals surface area contributed by atoms with Crippen molar-refractivity contribution >= 4 is 40.0 Å². The van der Waals surface area contributed by atoms with Gasteiger partial charge in [0.15, 0.2) is 11.0 Å². The number of nitrogens with zero attached hydrogens (tertiary/aromatic N) is 3. The van der Waals surface area contributed by atoms with Gasteiger partial charge >= 0.3 is 5.97 Å². The normalized spacial score (nSPS) is 10.8. The SMILES string of the molecule is C=CCn1c(COc2ccc(C)cc2C)nnc1SCC(=O)Nc1scc(-c2cc(C)ccc2C)c1C(=O)OC. The van der Waals surface area contributed by atoms with E-state index in [9.17, 15) is 9.59 Å². The molecule has 0 aliphatic heterocycles. The molecule has 0 fully saturated rings. The number of methoxy groups -OCH3 is 1. The van der Waals surface area contributed by atoms with Crippen LogP contribution in [0.15, 0.2) is 59.6 Å². The number of carbonyl (C=O) groups is 2. The molecule has 0 aliphatic rings. The largest absolute Gasteiger partial charge is 0.485 e. The van der Waals surface area contributed by atoms with Gasteiger partial charge in [-0.15, -0.1) is 28.1 Å². The summed E-state index contributed by atoms with van der Waals surface area (Å²) in [4.78, 5) is 25.7. The quantitative estimate of drug-likeness (QED) is 0.123. The maximum atomic E-state index is 13.0. The van der Waals surface area contributed by atoms with Crippen molar-refractivity contribution < 1.29 is 19.1 Å². The van der Waals surface area contributed by atoms with Crippen molar-refractivity contribution in [2.24, 2.45) is 0 Å². The van der Waals surface area contributed by atoms with E-state index in [1.54, 1.807) is 6.08 Å². The summed E-state index contributed by atoms with van der Waals surface area (Å²) in [6.45, 7) is 12.6. The number of hydrogen-bond donors (Lipinski definition) is 1. The lowest BCUT2D eigenvalue weighted by Crippen LogP contribution is -2.16. The van der Waals surface area contributed by atoms with E-state index in [0.29, 0.717) is 28.1 Å². The van der Waals surface area contributed by atoms with Gasteiger partial charge in [0.1, 0.15) is 22.9 Å². The minimum atomic E-state index is -0.501. The average Bonchev–Trinajstić information content (AvgIpc) is 3.52. The van der Waals surface area contributed by atoms with Gasteiger partial charge in [0.25, 0.3) is 0 Å². The fourth-order valence-corrected chi connectivity index (χ4v) is 5.95. The van der Waals surface area contributed by atoms with Crippen LogP contribution in [0, 0.1) is 27.7 Å². The van der Waals surface area contributed by atoms with Crippen LogP contribution in [0.5, 0.6) is 5.75 Å². The Balaban J connectivity index is 1.47. The maximum absolute atomic E-state index is 13.0. The number of allylic oxidation sites excluding steroid dienone is 1. The second kappa shape index (κ2) is 13.0. The Bertz CT molecular complexity index is 1560. The van der Waals surface area contributed by atoms with E-state index < -0.39 is 5.97 Å². The second-order valence-corrected chi connectivity index (χ2v) is 11.2. The summed E-state index contributed by atoms with van der Waals surface area (Å²) in [6, 6.07) is 12.1. The molecule has 0 aliphatic carbocycles. The van der Waals surface area contributed by atoms with Crippen LogP contribution in [0.25, 0.3) is 11.1 Å². The highest BCUT2D eigenvalue weighted by atomic mass is 32.2. The van der Waals surface area contributed by atoms with Crippen molar-refractivity contribution in [3.05, 3.63) is 88.1 Å². The van der Waals surface area contributed by atoms with Crippen LogP contribution in [-0.4, -0.2) is 39.5 Å². The van der Waals surface area contributed by atoms with Gasteiger partial charge in [-0.3, -0.25) is 9.36 Å². The lowest BCUT2D eigenvalue weighted by atomic mass is 9.97. The zero-order valence-corrected chi connectivity index (χ0v) is 24.9. The molecule has 0 atom stereocenters. The molecular weight excluding hydrogens is 544 g/mol. The lowest BCUT2D eigenvalue weighted by Gasteiger charge is -2.11. The molecule has 10 heteroatoms. The zero-order valence-electron chi connectivity index (χ0n) is 23.2. The Morgan fingerprint density at radius 3 is 2.52 bits per heavy atom. The molecule has 0 spiro atoms. The zero-order chi connectivity index (χ0) is 28.8. The van der Waals surface area contributed by atoms with Gasteiger partial charge in [-0.25, -0.2) is 4.79 Å². The van der Waals surface area contributed by atoms with Crippen LogP contribution in [0.4, 0.5) is 5.00 Å². The summed E-state index contributed by atoms with van der Waals surface area (Å²) in [5.74, 6) is 0.715. The Morgan fingerprint density at radius 1 is 1.05 bits per heavy atom. The Labute approximate surface area is 242 Å². The Kier molecular flexibility index (Phi) is 9.44. The number of carbonyl (C=O) groups excluding carboxylic acids is 2. The van der Waals surface area contributed by atoms with Crippen molar-refractivity contribution in [1.29, 1.82) is 0 Å². The molecule has 2 aromatic carbocycles. The van der Waals surface area contributed by atoms with E-state index in [1.807, 2.05) is 68.0 Å². The highest BCUT2D eigenvalue weighted by Gasteiger charge is 2.24. The highest BCUT2D eigenvalue weighted by molar-refractivity contribution is 7.99. The minimum absolute atomic E-state index is 0.0739. The van der Waals surface area contributed by atoms with Crippen LogP contribution in [0.1, 0.15) is 38.4 Å².